The predicted molar refractivity (Wildman–Crippen MR) is 82.3 cm³/mol. The molecule has 0 saturated carbocycles. The topological polar surface area (TPSA) is 57.3 Å². The van der Waals surface area contributed by atoms with E-state index in [0.717, 1.165) is 24.3 Å². The molecule has 106 valence electrons. The first-order valence-electron chi connectivity index (χ1n) is 6.88. The number of hydrogen-bond acceptors (Lipinski definition) is 5. The number of anilines is 1. The van der Waals surface area contributed by atoms with Gasteiger partial charge in [-0.25, -0.2) is 4.98 Å². The summed E-state index contributed by atoms with van der Waals surface area (Å²) in [6, 6.07) is 3.91. The summed E-state index contributed by atoms with van der Waals surface area (Å²) in [5.41, 5.74) is 0. The quantitative estimate of drug-likeness (QED) is 0.892. The molecule has 3 rings (SSSR count). The number of nitrogens with one attached hydrogen (secondary N) is 2. The zero-order valence-corrected chi connectivity index (χ0v) is 12.2. The van der Waals surface area contributed by atoms with Gasteiger partial charge in [0.15, 0.2) is 0 Å². The van der Waals surface area contributed by atoms with Crippen LogP contribution in [0.15, 0.2) is 23.7 Å². The van der Waals surface area contributed by atoms with E-state index in [4.69, 9.17) is 0 Å². The number of fused-ring (bicyclic) bond motifs is 1. The largest absolute Gasteiger partial charge is 0.355 e. The molecular weight excluding hydrogens is 272 g/mol. The number of likely N-dealkylation sites (N-methyl/N-ethyl adjacent to an activating group) is 1. The van der Waals surface area contributed by atoms with Crippen molar-refractivity contribution in [2.24, 2.45) is 0 Å². The van der Waals surface area contributed by atoms with Gasteiger partial charge in [-0.05, 0) is 24.4 Å². The van der Waals surface area contributed by atoms with Crippen LogP contribution in [0.4, 0.5) is 5.82 Å². The standard InChI is InChI=1S/C14H18N4OS/c1-2-16-14(19)11-9-15-6-7-18(11)13-10-4-8-20-12(10)3-5-17-13/h3-5,8,11,15H,2,6-7,9H2,1H3,(H,16,19). The lowest BCUT2D eigenvalue weighted by atomic mass is 10.1. The number of amides is 1. The molecule has 1 amide bonds. The summed E-state index contributed by atoms with van der Waals surface area (Å²) >= 11 is 1.70. The number of rotatable bonds is 3. The van der Waals surface area contributed by atoms with E-state index in [1.165, 1.54) is 4.70 Å². The van der Waals surface area contributed by atoms with E-state index in [2.05, 4.69) is 32.0 Å². The molecule has 0 radical (unpaired) electrons. The number of piperazine rings is 1. The molecule has 0 aliphatic carbocycles. The number of carbonyl (C=O) groups is 1. The lowest BCUT2D eigenvalue weighted by Crippen LogP contribution is -2.58. The van der Waals surface area contributed by atoms with E-state index in [1.54, 1.807) is 11.3 Å². The summed E-state index contributed by atoms with van der Waals surface area (Å²) in [5.74, 6) is 0.982. The van der Waals surface area contributed by atoms with Crippen LogP contribution in [0, 0.1) is 0 Å². The van der Waals surface area contributed by atoms with Gasteiger partial charge in [-0.3, -0.25) is 4.79 Å². The maximum absolute atomic E-state index is 12.2. The summed E-state index contributed by atoms with van der Waals surface area (Å²) in [7, 11) is 0. The summed E-state index contributed by atoms with van der Waals surface area (Å²) in [4.78, 5) is 18.9. The second kappa shape index (κ2) is 5.76. The van der Waals surface area contributed by atoms with Crippen LogP contribution in [-0.4, -0.2) is 43.1 Å². The van der Waals surface area contributed by atoms with E-state index < -0.39 is 0 Å². The van der Waals surface area contributed by atoms with E-state index >= 15 is 0 Å². The molecule has 0 aromatic carbocycles. The van der Waals surface area contributed by atoms with Gasteiger partial charge < -0.3 is 15.5 Å². The van der Waals surface area contributed by atoms with Crippen LogP contribution in [0.25, 0.3) is 10.1 Å². The fraction of sp³-hybridized carbons (Fsp3) is 0.429. The molecule has 20 heavy (non-hydrogen) atoms. The van der Waals surface area contributed by atoms with Crippen LogP contribution >= 0.6 is 11.3 Å². The average molecular weight is 290 g/mol. The van der Waals surface area contributed by atoms with Crippen LogP contribution in [0.2, 0.25) is 0 Å². The average Bonchev–Trinajstić information content (AvgIpc) is 2.96. The fourth-order valence-electron chi connectivity index (χ4n) is 2.59. The van der Waals surface area contributed by atoms with Gasteiger partial charge in [0.1, 0.15) is 11.9 Å². The molecule has 1 unspecified atom stereocenters. The molecule has 2 aromatic heterocycles. The van der Waals surface area contributed by atoms with Crippen molar-refractivity contribution in [2.45, 2.75) is 13.0 Å². The lowest BCUT2D eigenvalue weighted by Gasteiger charge is -2.36. The monoisotopic (exact) mass is 290 g/mol. The van der Waals surface area contributed by atoms with Crippen molar-refractivity contribution in [2.75, 3.05) is 31.1 Å². The minimum atomic E-state index is -0.193. The molecule has 6 heteroatoms. The zero-order valence-electron chi connectivity index (χ0n) is 11.4. The molecular formula is C14H18N4OS. The number of aromatic nitrogens is 1. The third-order valence-electron chi connectivity index (χ3n) is 3.53. The summed E-state index contributed by atoms with van der Waals surface area (Å²) in [5, 5.41) is 9.40. The summed E-state index contributed by atoms with van der Waals surface area (Å²) in [6.45, 7) is 4.92. The highest BCUT2D eigenvalue weighted by Gasteiger charge is 2.30. The molecule has 0 bridgehead atoms. The maximum atomic E-state index is 12.2. The molecule has 1 saturated heterocycles. The Kier molecular flexibility index (Phi) is 3.84. The SMILES string of the molecule is CCNC(=O)C1CNCCN1c1nccc2sccc12. The third kappa shape index (κ3) is 2.36. The number of nitrogens with zero attached hydrogens (tertiary/aromatic N) is 2. The Morgan fingerprint density at radius 3 is 3.35 bits per heavy atom. The third-order valence-corrected chi connectivity index (χ3v) is 4.41. The summed E-state index contributed by atoms with van der Waals surface area (Å²) < 4.78 is 1.21. The van der Waals surface area contributed by atoms with Gasteiger partial charge in [0.25, 0.3) is 0 Å². The molecule has 1 atom stereocenters. The van der Waals surface area contributed by atoms with Crippen molar-refractivity contribution in [3.05, 3.63) is 23.7 Å². The molecule has 2 aromatic rings. The van der Waals surface area contributed by atoms with Crippen LogP contribution < -0.4 is 15.5 Å². The Morgan fingerprint density at radius 2 is 2.50 bits per heavy atom. The first-order chi connectivity index (χ1) is 9.81. The maximum Gasteiger partial charge on any atom is 0.244 e. The Hall–Kier alpha value is -1.66. The molecule has 1 aliphatic heterocycles. The lowest BCUT2D eigenvalue weighted by molar-refractivity contribution is -0.122. The Morgan fingerprint density at radius 1 is 1.60 bits per heavy atom. The predicted octanol–water partition coefficient (Wildman–Crippen LogP) is 1.21. The molecule has 2 N–H and O–H groups in total. The van der Waals surface area contributed by atoms with Gasteiger partial charge in [-0.2, -0.15) is 0 Å². The van der Waals surface area contributed by atoms with Gasteiger partial charge in [0.2, 0.25) is 5.91 Å². The number of pyridine rings is 1. The first kappa shape index (κ1) is 13.3. The van der Waals surface area contributed by atoms with E-state index in [9.17, 15) is 4.79 Å². The molecule has 1 fully saturated rings. The van der Waals surface area contributed by atoms with Gasteiger partial charge in [-0.15, -0.1) is 11.3 Å². The van der Waals surface area contributed by atoms with Gasteiger partial charge >= 0.3 is 0 Å². The Labute approximate surface area is 122 Å². The van der Waals surface area contributed by atoms with Crippen LogP contribution in [0.1, 0.15) is 6.92 Å². The number of thiophene rings is 1. The van der Waals surface area contributed by atoms with Crippen molar-refractivity contribution in [1.82, 2.24) is 15.6 Å². The van der Waals surface area contributed by atoms with E-state index in [1.807, 2.05) is 19.2 Å². The van der Waals surface area contributed by atoms with Gasteiger partial charge in [-0.1, -0.05) is 0 Å². The Bertz CT molecular complexity index is 612. The number of hydrogen-bond donors (Lipinski definition) is 2. The molecule has 5 nitrogen and oxygen atoms in total. The van der Waals surface area contributed by atoms with Crippen LogP contribution in [0.5, 0.6) is 0 Å². The number of carbonyl (C=O) groups excluding carboxylic acids is 1. The minimum absolute atomic E-state index is 0.0636. The van der Waals surface area contributed by atoms with Crippen molar-refractivity contribution in [3.63, 3.8) is 0 Å². The first-order valence-corrected chi connectivity index (χ1v) is 7.76. The van der Waals surface area contributed by atoms with Gasteiger partial charge in [0.05, 0.1) is 0 Å². The zero-order chi connectivity index (χ0) is 13.9. The minimum Gasteiger partial charge on any atom is -0.355 e. The summed E-state index contributed by atoms with van der Waals surface area (Å²) in [6.07, 6.45) is 1.82. The molecule has 1 aliphatic rings. The van der Waals surface area contributed by atoms with Crippen LogP contribution in [-0.2, 0) is 4.79 Å². The normalized spacial score (nSPS) is 19.2. The highest BCUT2D eigenvalue weighted by molar-refractivity contribution is 7.17. The van der Waals surface area contributed by atoms with Crippen LogP contribution in [0.3, 0.4) is 0 Å². The van der Waals surface area contributed by atoms with Gasteiger partial charge in [0, 0.05) is 42.5 Å². The van der Waals surface area contributed by atoms with Crippen molar-refractivity contribution in [3.8, 4) is 0 Å². The Balaban J connectivity index is 1.97. The highest BCUT2D eigenvalue weighted by Crippen LogP contribution is 2.29. The smallest absolute Gasteiger partial charge is 0.244 e. The van der Waals surface area contributed by atoms with Crippen molar-refractivity contribution < 1.29 is 4.79 Å². The molecule has 3 heterocycles. The van der Waals surface area contributed by atoms with Crippen molar-refractivity contribution in [1.29, 1.82) is 0 Å². The van der Waals surface area contributed by atoms with Crippen molar-refractivity contribution >= 4 is 33.1 Å². The highest BCUT2D eigenvalue weighted by atomic mass is 32.1. The second-order valence-electron chi connectivity index (χ2n) is 4.77. The second-order valence-corrected chi connectivity index (χ2v) is 5.72. The van der Waals surface area contributed by atoms with E-state index in [0.29, 0.717) is 13.1 Å². The fourth-order valence-corrected chi connectivity index (χ4v) is 3.37. The van der Waals surface area contributed by atoms with E-state index in [-0.39, 0.29) is 11.9 Å². The molecule has 0 spiro atoms.